The van der Waals surface area contributed by atoms with Crippen LogP contribution in [0.5, 0.6) is 0 Å². The van der Waals surface area contributed by atoms with Crippen LogP contribution in [0, 0.1) is 5.92 Å². The molecule has 3 rings (SSSR count). The molecule has 0 spiro atoms. The highest BCUT2D eigenvalue weighted by molar-refractivity contribution is 5.80. The van der Waals surface area contributed by atoms with E-state index in [1.54, 1.807) is 0 Å². The highest BCUT2D eigenvalue weighted by atomic mass is 15.2. The fourth-order valence-corrected chi connectivity index (χ4v) is 3.86. The first kappa shape index (κ1) is 21.4. The topological polar surface area (TPSA) is 57.5 Å². The van der Waals surface area contributed by atoms with Crippen LogP contribution in [0.25, 0.3) is 0 Å². The van der Waals surface area contributed by atoms with Gasteiger partial charge in [0.25, 0.3) is 0 Å². The minimum absolute atomic E-state index is 0.486. The molecule has 0 atom stereocenters. The van der Waals surface area contributed by atoms with E-state index in [0.717, 1.165) is 43.9 Å². The van der Waals surface area contributed by atoms with Gasteiger partial charge in [-0.25, -0.2) is 9.98 Å². The SMILES string of the molecule is CCNC(=NCc1nccn1Cc1ccccc1)NC1CCN(CC(C)C)CC1. The molecule has 0 bridgehead atoms. The summed E-state index contributed by atoms with van der Waals surface area (Å²) in [7, 11) is 0. The molecule has 6 heteroatoms. The van der Waals surface area contributed by atoms with Crippen molar-refractivity contribution in [3.8, 4) is 0 Å². The standard InChI is InChI=1S/C23H36N6/c1-4-24-23(27-21-10-13-28(14-11-21)17-19(2)3)26-16-22-25-12-15-29(22)18-20-8-6-5-7-9-20/h5-9,12,15,19,21H,4,10-11,13-14,16-18H2,1-3H3,(H2,24,26,27). The Morgan fingerprint density at radius 1 is 1.21 bits per heavy atom. The van der Waals surface area contributed by atoms with Crippen LogP contribution in [0.3, 0.4) is 0 Å². The molecule has 6 nitrogen and oxygen atoms in total. The van der Waals surface area contributed by atoms with E-state index < -0.39 is 0 Å². The van der Waals surface area contributed by atoms with Crippen LogP contribution < -0.4 is 10.6 Å². The highest BCUT2D eigenvalue weighted by Crippen LogP contribution is 2.12. The number of guanidine groups is 1. The van der Waals surface area contributed by atoms with Crippen molar-refractivity contribution in [2.24, 2.45) is 10.9 Å². The molecule has 1 aliphatic heterocycles. The van der Waals surface area contributed by atoms with Gasteiger partial charge in [0.15, 0.2) is 5.96 Å². The molecule has 1 aromatic carbocycles. The van der Waals surface area contributed by atoms with Gasteiger partial charge in [0.05, 0.1) is 0 Å². The zero-order chi connectivity index (χ0) is 20.5. The Morgan fingerprint density at radius 3 is 2.66 bits per heavy atom. The molecule has 1 saturated heterocycles. The predicted molar refractivity (Wildman–Crippen MR) is 120 cm³/mol. The van der Waals surface area contributed by atoms with E-state index in [1.165, 1.54) is 24.9 Å². The molecule has 158 valence electrons. The molecular formula is C23H36N6. The number of benzene rings is 1. The van der Waals surface area contributed by atoms with Gasteiger partial charge in [0, 0.05) is 51.2 Å². The summed E-state index contributed by atoms with van der Waals surface area (Å²) in [5.74, 6) is 2.61. The second kappa shape index (κ2) is 11.0. The van der Waals surface area contributed by atoms with Gasteiger partial charge < -0.3 is 20.1 Å². The molecule has 1 aromatic heterocycles. The Hall–Kier alpha value is -2.34. The van der Waals surface area contributed by atoms with Crippen molar-refractivity contribution in [1.82, 2.24) is 25.1 Å². The molecule has 2 aromatic rings. The summed E-state index contributed by atoms with van der Waals surface area (Å²) in [6.45, 7) is 12.5. The van der Waals surface area contributed by atoms with Gasteiger partial charge >= 0.3 is 0 Å². The fourth-order valence-electron chi connectivity index (χ4n) is 3.86. The number of aliphatic imine (C=N–C) groups is 1. The summed E-state index contributed by atoms with van der Waals surface area (Å²) >= 11 is 0. The van der Waals surface area contributed by atoms with Crippen LogP contribution in [0.2, 0.25) is 0 Å². The summed E-state index contributed by atoms with van der Waals surface area (Å²) in [5, 5.41) is 7.03. The van der Waals surface area contributed by atoms with E-state index in [-0.39, 0.29) is 0 Å². The number of piperidine rings is 1. The normalized spacial score (nSPS) is 16.3. The van der Waals surface area contributed by atoms with Gasteiger partial charge in [-0.1, -0.05) is 44.2 Å². The van der Waals surface area contributed by atoms with Crippen LogP contribution in [-0.2, 0) is 13.1 Å². The number of likely N-dealkylation sites (tertiary alicyclic amines) is 1. The minimum Gasteiger partial charge on any atom is -0.357 e. The van der Waals surface area contributed by atoms with Crippen molar-refractivity contribution in [1.29, 1.82) is 0 Å². The second-order valence-corrected chi connectivity index (χ2v) is 8.27. The van der Waals surface area contributed by atoms with E-state index in [4.69, 9.17) is 4.99 Å². The summed E-state index contributed by atoms with van der Waals surface area (Å²) in [6.07, 6.45) is 6.22. The van der Waals surface area contributed by atoms with Crippen molar-refractivity contribution < 1.29 is 0 Å². The summed E-state index contributed by atoms with van der Waals surface area (Å²) < 4.78 is 2.17. The zero-order valence-corrected chi connectivity index (χ0v) is 18.1. The number of hydrogen-bond acceptors (Lipinski definition) is 3. The molecule has 2 heterocycles. The Labute approximate surface area is 175 Å². The summed E-state index contributed by atoms with van der Waals surface area (Å²) in [5.41, 5.74) is 1.27. The van der Waals surface area contributed by atoms with Crippen molar-refractivity contribution in [2.75, 3.05) is 26.2 Å². The van der Waals surface area contributed by atoms with Gasteiger partial charge in [-0.2, -0.15) is 0 Å². The molecule has 29 heavy (non-hydrogen) atoms. The average molecular weight is 397 g/mol. The van der Waals surface area contributed by atoms with E-state index in [1.807, 2.05) is 18.5 Å². The van der Waals surface area contributed by atoms with E-state index >= 15 is 0 Å². The third-order valence-corrected chi connectivity index (χ3v) is 5.27. The van der Waals surface area contributed by atoms with Crippen LogP contribution in [0.4, 0.5) is 0 Å². The molecule has 2 N–H and O–H groups in total. The molecule has 0 radical (unpaired) electrons. The Balaban J connectivity index is 1.56. The van der Waals surface area contributed by atoms with Crippen molar-refractivity contribution in [3.05, 3.63) is 54.1 Å². The number of imidazole rings is 1. The number of rotatable bonds is 8. The highest BCUT2D eigenvalue weighted by Gasteiger charge is 2.20. The van der Waals surface area contributed by atoms with Crippen LogP contribution in [0.15, 0.2) is 47.7 Å². The molecule has 1 aliphatic rings. The Bertz CT molecular complexity index is 744. The third-order valence-electron chi connectivity index (χ3n) is 5.27. The molecular weight excluding hydrogens is 360 g/mol. The monoisotopic (exact) mass is 396 g/mol. The lowest BCUT2D eigenvalue weighted by Gasteiger charge is -2.34. The van der Waals surface area contributed by atoms with E-state index in [2.05, 4.69) is 70.1 Å². The third kappa shape index (κ3) is 6.89. The number of nitrogens with one attached hydrogen (secondary N) is 2. The molecule has 0 amide bonds. The van der Waals surface area contributed by atoms with Crippen LogP contribution in [0.1, 0.15) is 45.0 Å². The van der Waals surface area contributed by atoms with Crippen LogP contribution in [-0.4, -0.2) is 52.6 Å². The lowest BCUT2D eigenvalue weighted by molar-refractivity contribution is 0.187. The lowest BCUT2D eigenvalue weighted by Crippen LogP contribution is -2.49. The number of nitrogens with zero attached hydrogens (tertiary/aromatic N) is 4. The van der Waals surface area contributed by atoms with Crippen molar-refractivity contribution in [3.63, 3.8) is 0 Å². The van der Waals surface area contributed by atoms with Gasteiger partial charge in [0.1, 0.15) is 12.4 Å². The maximum atomic E-state index is 4.82. The molecule has 0 aliphatic carbocycles. The predicted octanol–water partition coefficient (Wildman–Crippen LogP) is 3.11. The lowest BCUT2D eigenvalue weighted by atomic mass is 10.0. The summed E-state index contributed by atoms with van der Waals surface area (Å²) in [4.78, 5) is 11.9. The second-order valence-electron chi connectivity index (χ2n) is 8.27. The van der Waals surface area contributed by atoms with Crippen LogP contribution >= 0.6 is 0 Å². The minimum atomic E-state index is 0.486. The Morgan fingerprint density at radius 2 is 1.97 bits per heavy atom. The maximum Gasteiger partial charge on any atom is 0.191 e. The number of hydrogen-bond donors (Lipinski definition) is 2. The average Bonchev–Trinajstić information content (AvgIpc) is 3.15. The van der Waals surface area contributed by atoms with Gasteiger partial charge in [0.2, 0.25) is 0 Å². The smallest absolute Gasteiger partial charge is 0.191 e. The largest absolute Gasteiger partial charge is 0.357 e. The van der Waals surface area contributed by atoms with E-state index in [0.29, 0.717) is 12.6 Å². The van der Waals surface area contributed by atoms with Gasteiger partial charge in [-0.05, 0) is 31.2 Å². The van der Waals surface area contributed by atoms with E-state index in [9.17, 15) is 0 Å². The van der Waals surface area contributed by atoms with Gasteiger partial charge in [-0.3, -0.25) is 0 Å². The van der Waals surface area contributed by atoms with Crippen molar-refractivity contribution >= 4 is 5.96 Å². The van der Waals surface area contributed by atoms with Crippen molar-refractivity contribution in [2.45, 2.75) is 52.7 Å². The molecule has 0 unspecified atom stereocenters. The first-order valence-electron chi connectivity index (χ1n) is 10.9. The first-order chi connectivity index (χ1) is 14.1. The summed E-state index contributed by atoms with van der Waals surface area (Å²) in [6, 6.07) is 11.0. The quantitative estimate of drug-likeness (QED) is 0.532. The van der Waals surface area contributed by atoms with Gasteiger partial charge in [-0.15, -0.1) is 0 Å². The maximum absolute atomic E-state index is 4.82. The zero-order valence-electron chi connectivity index (χ0n) is 18.1. The Kier molecular flexibility index (Phi) is 8.11. The number of aromatic nitrogens is 2. The molecule has 0 saturated carbocycles. The fraction of sp³-hybridized carbons (Fsp3) is 0.565. The first-order valence-corrected chi connectivity index (χ1v) is 10.9. The molecule has 1 fully saturated rings.